The van der Waals surface area contributed by atoms with Crippen LogP contribution in [0.15, 0.2) is 18.3 Å². The van der Waals surface area contributed by atoms with E-state index in [4.69, 9.17) is 18.8 Å². The Labute approximate surface area is 174 Å². The quantitative estimate of drug-likeness (QED) is 0.679. The van der Waals surface area contributed by atoms with Gasteiger partial charge in [-0.1, -0.05) is 6.07 Å². The minimum Gasteiger partial charge on any atom is -0.476 e. The molecule has 0 aromatic carbocycles. The Kier molecular flexibility index (Phi) is 5.89. The molecular formula is C21H33BN2O5. The summed E-state index contributed by atoms with van der Waals surface area (Å²) in [4.78, 5) is 18.5. The van der Waals surface area contributed by atoms with Gasteiger partial charge in [0, 0.05) is 17.7 Å². The average Bonchev–Trinajstić information content (AvgIpc) is 3.38. The Morgan fingerprint density at radius 3 is 2.31 bits per heavy atom. The van der Waals surface area contributed by atoms with Crippen LogP contribution in [0.25, 0.3) is 0 Å². The topological polar surface area (TPSA) is 70.1 Å². The van der Waals surface area contributed by atoms with E-state index in [-0.39, 0.29) is 23.3 Å². The Hall–Kier alpha value is -1.80. The lowest BCUT2D eigenvalue weighted by molar-refractivity contribution is 0.00578. The lowest BCUT2D eigenvalue weighted by Gasteiger charge is -2.32. The molecule has 0 radical (unpaired) electrons. The SMILES string of the molecule is CC(C)(C)OC(=O)N(CCOc1ccc(B2OC(C)(C)C(C)(C)O2)cn1)C1CC1. The highest BCUT2D eigenvalue weighted by Crippen LogP contribution is 2.36. The molecule has 0 spiro atoms. The summed E-state index contributed by atoms with van der Waals surface area (Å²) in [6.45, 7) is 14.5. The van der Waals surface area contributed by atoms with Gasteiger partial charge in [-0.2, -0.15) is 0 Å². The van der Waals surface area contributed by atoms with E-state index in [0.29, 0.717) is 19.0 Å². The van der Waals surface area contributed by atoms with Gasteiger partial charge >= 0.3 is 13.2 Å². The van der Waals surface area contributed by atoms with Crippen molar-refractivity contribution < 1.29 is 23.6 Å². The largest absolute Gasteiger partial charge is 0.496 e. The van der Waals surface area contributed by atoms with Gasteiger partial charge in [0.2, 0.25) is 5.88 Å². The molecule has 2 aliphatic rings. The molecule has 0 bridgehead atoms. The van der Waals surface area contributed by atoms with Gasteiger partial charge in [0.05, 0.1) is 17.7 Å². The van der Waals surface area contributed by atoms with Crippen molar-refractivity contribution in [1.29, 1.82) is 0 Å². The summed E-state index contributed by atoms with van der Waals surface area (Å²) in [5.41, 5.74) is -0.429. The number of aromatic nitrogens is 1. The molecule has 7 nitrogen and oxygen atoms in total. The number of amides is 1. The summed E-state index contributed by atoms with van der Waals surface area (Å²) in [5.74, 6) is 0.505. The van der Waals surface area contributed by atoms with Gasteiger partial charge in [0.25, 0.3) is 0 Å². The molecular weight excluding hydrogens is 371 g/mol. The highest BCUT2D eigenvalue weighted by atomic mass is 16.7. The molecule has 1 saturated heterocycles. The van der Waals surface area contributed by atoms with E-state index in [1.165, 1.54) is 0 Å². The van der Waals surface area contributed by atoms with Crippen LogP contribution in [-0.4, -0.2) is 59.1 Å². The maximum atomic E-state index is 12.4. The first-order valence-corrected chi connectivity index (χ1v) is 10.3. The molecule has 0 atom stereocenters. The van der Waals surface area contributed by atoms with Gasteiger partial charge in [-0.25, -0.2) is 9.78 Å². The van der Waals surface area contributed by atoms with Crippen LogP contribution in [-0.2, 0) is 14.0 Å². The summed E-state index contributed by atoms with van der Waals surface area (Å²) in [6.07, 6.45) is 3.46. The molecule has 0 N–H and O–H groups in total. The molecule has 1 saturated carbocycles. The fourth-order valence-electron chi connectivity index (χ4n) is 2.97. The van der Waals surface area contributed by atoms with E-state index in [9.17, 15) is 4.79 Å². The van der Waals surface area contributed by atoms with Crippen LogP contribution in [0.5, 0.6) is 5.88 Å². The van der Waals surface area contributed by atoms with E-state index < -0.39 is 12.7 Å². The zero-order valence-electron chi connectivity index (χ0n) is 18.7. The van der Waals surface area contributed by atoms with Crippen LogP contribution in [0.4, 0.5) is 4.79 Å². The Morgan fingerprint density at radius 1 is 1.21 bits per heavy atom. The number of carbonyl (C=O) groups excluding carboxylic acids is 1. The number of pyridine rings is 1. The third-order valence-electron chi connectivity index (χ3n) is 5.48. The summed E-state index contributed by atoms with van der Waals surface area (Å²) >= 11 is 0. The highest BCUT2D eigenvalue weighted by molar-refractivity contribution is 6.62. The summed E-state index contributed by atoms with van der Waals surface area (Å²) in [7, 11) is -0.445. The van der Waals surface area contributed by atoms with Crippen molar-refractivity contribution in [2.45, 2.75) is 84.2 Å². The van der Waals surface area contributed by atoms with E-state index in [2.05, 4.69) is 4.98 Å². The van der Waals surface area contributed by atoms with Crippen LogP contribution < -0.4 is 10.2 Å². The molecule has 1 aromatic rings. The van der Waals surface area contributed by atoms with E-state index >= 15 is 0 Å². The Balaban J connectivity index is 1.52. The number of ether oxygens (including phenoxy) is 2. The van der Waals surface area contributed by atoms with Crippen LogP contribution in [0, 0.1) is 0 Å². The van der Waals surface area contributed by atoms with Crippen LogP contribution in [0.3, 0.4) is 0 Å². The third kappa shape index (κ3) is 5.42. The standard InChI is InChI=1S/C21H33BN2O5/c1-19(2,3)27-18(25)24(16-9-10-16)12-13-26-17-11-8-15(14-23-17)22-28-20(4,5)21(6,7)29-22/h8,11,14,16H,9-10,12-13H2,1-7H3. The second kappa shape index (κ2) is 7.80. The van der Waals surface area contributed by atoms with E-state index in [1.807, 2.05) is 54.5 Å². The summed E-state index contributed by atoms with van der Waals surface area (Å²) < 4.78 is 23.3. The number of nitrogens with zero attached hydrogens (tertiary/aromatic N) is 2. The second-order valence-corrected chi connectivity index (χ2v) is 9.77. The first-order chi connectivity index (χ1) is 13.4. The van der Waals surface area contributed by atoms with Crippen molar-refractivity contribution in [3.8, 4) is 5.88 Å². The maximum Gasteiger partial charge on any atom is 0.496 e. The van der Waals surface area contributed by atoms with E-state index in [1.54, 1.807) is 17.2 Å². The molecule has 3 rings (SSSR count). The molecule has 8 heteroatoms. The maximum absolute atomic E-state index is 12.4. The highest BCUT2D eigenvalue weighted by Gasteiger charge is 2.51. The van der Waals surface area contributed by atoms with Gasteiger partial charge in [0.15, 0.2) is 0 Å². The second-order valence-electron chi connectivity index (χ2n) is 9.77. The molecule has 0 unspecified atom stereocenters. The summed E-state index contributed by atoms with van der Waals surface area (Å²) in [5, 5.41) is 0. The van der Waals surface area contributed by atoms with Crippen molar-refractivity contribution in [1.82, 2.24) is 9.88 Å². The van der Waals surface area contributed by atoms with Gasteiger partial charge in [-0.3, -0.25) is 0 Å². The monoisotopic (exact) mass is 404 g/mol. The number of rotatable bonds is 6. The third-order valence-corrected chi connectivity index (χ3v) is 5.48. The van der Waals surface area contributed by atoms with Crippen molar-refractivity contribution >= 4 is 18.7 Å². The molecule has 1 amide bonds. The van der Waals surface area contributed by atoms with Crippen LogP contribution in [0.2, 0.25) is 0 Å². The molecule has 2 fully saturated rings. The lowest BCUT2D eigenvalue weighted by Crippen LogP contribution is -2.41. The molecule has 160 valence electrons. The van der Waals surface area contributed by atoms with Gasteiger partial charge in [-0.05, 0) is 67.4 Å². The number of carbonyl (C=O) groups is 1. The first kappa shape index (κ1) is 21.9. The van der Waals surface area contributed by atoms with Crippen molar-refractivity contribution in [2.24, 2.45) is 0 Å². The molecule has 2 heterocycles. The van der Waals surface area contributed by atoms with Crippen LogP contribution >= 0.6 is 0 Å². The minimum absolute atomic E-state index is 0.257. The smallest absolute Gasteiger partial charge is 0.476 e. The Morgan fingerprint density at radius 2 is 1.83 bits per heavy atom. The minimum atomic E-state index is -0.504. The molecule has 1 aromatic heterocycles. The zero-order chi connectivity index (χ0) is 21.4. The fourth-order valence-corrected chi connectivity index (χ4v) is 2.97. The fraction of sp³-hybridized carbons (Fsp3) is 0.714. The van der Waals surface area contributed by atoms with Gasteiger partial charge < -0.3 is 23.7 Å². The zero-order valence-corrected chi connectivity index (χ0v) is 18.7. The van der Waals surface area contributed by atoms with Crippen molar-refractivity contribution in [2.75, 3.05) is 13.2 Å². The first-order valence-electron chi connectivity index (χ1n) is 10.3. The van der Waals surface area contributed by atoms with Crippen molar-refractivity contribution in [3.05, 3.63) is 18.3 Å². The molecule has 1 aliphatic carbocycles. The Bertz CT molecular complexity index is 710. The van der Waals surface area contributed by atoms with Gasteiger partial charge in [-0.15, -0.1) is 0 Å². The van der Waals surface area contributed by atoms with Crippen LogP contribution in [0.1, 0.15) is 61.3 Å². The average molecular weight is 404 g/mol. The van der Waals surface area contributed by atoms with Crippen molar-refractivity contribution in [3.63, 3.8) is 0 Å². The number of hydrogen-bond donors (Lipinski definition) is 0. The molecule has 29 heavy (non-hydrogen) atoms. The predicted molar refractivity (Wildman–Crippen MR) is 111 cm³/mol. The molecule has 1 aliphatic heterocycles. The summed E-state index contributed by atoms with van der Waals surface area (Å²) in [6, 6.07) is 3.96. The van der Waals surface area contributed by atoms with Gasteiger partial charge in [0.1, 0.15) is 12.2 Å². The predicted octanol–water partition coefficient (Wildman–Crippen LogP) is 3.16. The number of hydrogen-bond acceptors (Lipinski definition) is 6. The lowest BCUT2D eigenvalue weighted by atomic mass is 9.80. The normalized spacial score (nSPS) is 20.4. The van der Waals surface area contributed by atoms with E-state index in [0.717, 1.165) is 18.3 Å².